The standard InChI is InChI=1S/C29H56N2O/c1-4-7-10-12-14-17-27(16-9-6-3)28(32)31-21-18-29(19-22-31)23-26(24-29)25-30-20-15-13-11-8-5-2/h26-27,30H,4-25H2,1-3H3. The molecule has 1 spiro atoms. The van der Waals surface area contributed by atoms with Gasteiger partial charge in [0.05, 0.1) is 0 Å². The first kappa shape index (κ1) is 27.7. The minimum Gasteiger partial charge on any atom is -0.342 e. The molecule has 0 aromatic rings. The number of hydrogen-bond donors (Lipinski definition) is 1. The highest BCUT2D eigenvalue weighted by atomic mass is 16.2. The van der Waals surface area contributed by atoms with Crippen molar-refractivity contribution in [3.05, 3.63) is 0 Å². The molecule has 3 heteroatoms. The van der Waals surface area contributed by atoms with Crippen LogP contribution >= 0.6 is 0 Å². The van der Waals surface area contributed by atoms with E-state index >= 15 is 0 Å². The molecule has 1 heterocycles. The number of unbranched alkanes of at least 4 members (excludes halogenated alkanes) is 9. The quantitative estimate of drug-likeness (QED) is 0.218. The Bertz CT molecular complexity index is 476. The summed E-state index contributed by atoms with van der Waals surface area (Å²) >= 11 is 0. The fourth-order valence-electron chi connectivity index (χ4n) is 6.17. The van der Waals surface area contributed by atoms with E-state index in [4.69, 9.17) is 0 Å². The van der Waals surface area contributed by atoms with Gasteiger partial charge in [0.25, 0.3) is 0 Å². The summed E-state index contributed by atoms with van der Waals surface area (Å²) < 4.78 is 0. The van der Waals surface area contributed by atoms with Crippen molar-refractivity contribution in [2.45, 2.75) is 136 Å². The van der Waals surface area contributed by atoms with Gasteiger partial charge in [-0.15, -0.1) is 0 Å². The number of carbonyl (C=O) groups is 1. The lowest BCUT2D eigenvalue weighted by Crippen LogP contribution is -2.51. The van der Waals surface area contributed by atoms with E-state index in [1.165, 1.54) is 116 Å². The maximum atomic E-state index is 13.3. The molecule has 1 saturated heterocycles. The van der Waals surface area contributed by atoms with Gasteiger partial charge in [0, 0.05) is 19.0 Å². The predicted molar refractivity (Wildman–Crippen MR) is 139 cm³/mol. The van der Waals surface area contributed by atoms with E-state index < -0.39 is 0 Å². The molecule has 3 nitrogen and oxygen atoms in total. The molecule has 0 radical (unpaired) electrons. The highest BCUT2D eigenvalue weighted by molar-refractivity contribution is 5.79. The third-order valence-electron chi connectivity index (χ3n) is 8.38. The molecule has 0 aromatic heterocycles. The van der Waals surface area contributed by atoms with Crippen LogP contribution in [0.1, 0.15) is 136 Å². The molecule has 0 aromatic carbocycles. The Morgan fingerprint density at radius 3 is 2.00 bits per heavy atom. The summed E-state index contributed by atoms with van der Waals surface area (Å²) in [4.78, 5) is 15.5. The van der Waals surface area contributed by atoms with Crippen LogP contribution in [-0.4, -0.2) is 37.0 Å². The number of amides is 1. The van der Waals surface area contributed by atoms with E-state index in [1.807, 2.05) is 0 Å². The lowest BCUT2D eigenvalue weighted by Gasteiger charge is -2.52. The Morgan fingerprint density at radius 1 is 0.812 bits per heavy atom. The van der Waals surface area contributed by atoms with Crippen LogP contribution in [0.15, 0.2) is 0 Å². The summed E-state index contributed by atoms with van der Waals surface area (Å²) in [6.07, 6.45) is 23.3. The summed E-state index contributed by atoms with van der Waals surface area (Å²) in [5.41, 5.74) is 0.573. The summed E-state index contributed by atoms with van der Waals surface area (Å²) in [5.74, 6) is 1.67. The van der Waals surface area contributed by atoms with Gasteiger partial charge in [-0.2, -0.15) is 0 Å². The van der Waals surface area contributed by atoms with Gasteiger partial charge in [0.15, 0.2) is 0 Å². The molecule has 2 fully saturated rings. The molecule has 0 bridgehead atoms. The van der Waals surface area contributed by atoms with Gasteiger partial charge >= 0.3 is 0 Å². The summed E-state index contributed by atoms with van der Waals surface area (Å²) in [5, 5.41) is 3.72. The van der Waals surface area contributed by atoms with Crippen LogP contribution in [-0.2, 0) is 4.79 Å². The third kappa shape index (κ3) is 9.74. The van der Waals surface area contributed by atoms with E-state index in [-0.39, 0.29) is 0 Å². The Morgan fingerprint density at radius 2 is 1.38 bits per heavy atom. The molecule has 2 aliphatic rings. The van der Waals surface area contributed by atoms with E-state index in [1.54, 1.807) is 0 Å². The van der Waals surface area contributed by atoms with Crippen LogP contribution in [0.5, 0.6) is 0 Å². The first-order valence-electron chi connectivity index (χ1n) is 14.6. The van der Waals surface area contributed by atoms with Gasteiger partial charge in [-0.05, 0) is 69.4 Å². The van der Waals surface area contributed by atoms with Crippen LogP contribution in [0.3, 0.4) is 0 Å². The average Bonchev–Trinajstić information content (AvgIpc) is 2.79. The lowest BCUT2D eigenvalue weighted by molar-refractivity contribution is -0.140. The molecule has 1 N–H and O–H groups in total. The minimum atomic E-state index is 0.293. The first-order valence-corrected chi connectivity index (χ1v) is 14.6. The molecular formula is C29H56N2O. The van der Waals surface area contributed by atoms with Crippen molar-refractivity contribution < 1.29 is 4.79 Å². The second kappa shape index (κ2) is 16.1. The molecule has 1 aliphatic carbocycles. The summed E-state index contributed by atoms with van der Waals surface area (Å²) in [6, 6.07) is 0. The van der Waals surface area contributed by atoms with Gasteiger partial charge in [0.1, 0.15) is 0 Å². The van der Waals surface area contributed by atoms with Gasteiger partial charge in [-0.1, -0.05) is 91.4 Å². The topological polar surface area (TPSA) is 32.3 Å². The van der Waals surface area contributed by atoms with E-state index in [0.717, 1.165) is 31.8 Å². The number of nitrogens with zero attached hydrogens (tertiary/aromatic N) is 1. The summed E-state index contributed by atoms with van der Waals surface area (Å²) in [6.45, 7) is 11.3. The Kier molecular flexibility index (Phi) is 13.9. The predicted octanol–water partition coefficient (Wildman–Crippen LogP) is 7.73. The van der Waals surface area contributed by atoms with Gasteiger partial charge in [-0.3, -0.25) is 4.79 Å². The Hall–Kier alpha value is -0.570. The van der Waals surface area contributed by atoms with Crippen molar-refractivity contribution >= 4 is 5.91 Å². The minimum absolute atomic E-state index is 0.293. The van der Waals surface area contributed by atoms with Crippen molar-refractivity contribution in [2.75, 3.05) is 26.2 Å². The number of piperidine rings is 1. The van der Waals surface area contributed by atoms with E-state index in [2.05, 4.69) is 31.0 Å². The molecule has 1 amide bonds. The molecule has 1 unspecified atom stereocenters. The van der Waals surface area contributed by atoms with Gasteiger partial charge in [0.2, 0.25) is 5.91 Å². The first-order chi connectivity index (χ1) is 15.6. The largest absolute Gasteiger partial charge is 0.342 e. The Balaban J connectivity index is 1.62. The van der Waals surface area contributed by atoms with E-state index in [0.29, 0.717) is 17.2 Å². The molecule has 32 heavy (non-hydrogen) atoms. The fraction of sp³-hybridized carbons (Fsp3) is 0.966. The zero-order valence-electron chi connectivity index (χ0n) is 22.1. The van der Waals surface area contributed by atoms with Crippen LogP contribution in [0.4, 0.5) is 0 Å². The molecule has 1 aliphatic heterocycles. The highest BCUT2D eigenvalue weighted by Crippen LogP contribution is 2.52. The van der Waals surface area contributed by atoms with Crippen molar-refractivity contribution in [3.63, 3.8) is 0 Å². The summed E-state index contributed by atoms with van der Waals surface area (Å²) in [7, 11) is 0. The SMILES string of the molecule is CCCCCCCNCC1CC2(CCN(C(=O)C(CCCC)CCCCCCC)CC2)C1. The molecular weight excluding hydrogens is 392 g/mol. The van der Waals surface area contributed by atoms with Gasteiger partial charge < -0.3 is 10.2 Å². The molecule has 2 rings (SSSR count). The normalized spacial score (nSPS) is 19.3. The molecule has 1 saturated carbocycles. The maximum absolute atomic E-state index is 13.3. The zero-order chi connectivity index (χ0) is 23.1. The van der Waals surface area contributed by atoms with Crippen LogP contribution in [0.2, 0.25) is 0 Å². The Labute approximate surface area is 200 Å². The monoisotopic (exact) mass is 448 g/mol. The number of carbonyl (C=O) groups excluding carboxylic acids is 1. The van der Waals surface area contributed by atoms with Crippen molar-refractivity contribution in [1.82, 2.24) is 10.2 Å². The highest BCUT2D eigenvalue weighted by Gasteiger charge is 2.46. The molecule has 1 atom stereocenters. The maximum Gasteiger partial charge on any atom is 0.225 e. The smallest absolute Gasteiger partial charge is 0.225 e. The van der Waals surface area contributed by atoms with Crippen LogP contribution in [0.25, 0.3) is 0 Å². The van der Waals surface area contributed by atoms with Crippen molar-refractivity contribution in [1.29, 1.82) is 0 Å². The number of rotatable bonds is 18. The van der Waals surface area contributed by atoms with Gasteiger partial charge in [-0.25, -0.2) is 0 Å². The average molecular weight is 449 g/mol. The number of nitrogens with one attached hydrogen (secondary N) is 1. The zero-order valence-corrected chi connectivity index (χ0v) is 22.1. The number of hydrogen-bond acceptors (Lipinski definition) is 2. The van der Waals surface area contributed by atoms with Crippen LogP contribution in [0, 0.1) is 17.3 Å². The fourth-order valence-corrected chi connectivity index (χ4v) is 6.17. The molecule has 188 valence electrons. The second-order valence-corrected chi connectivity index (χ2v) is 11.3. The van der Waals surface area contributed by atoms with E-state index in [9.17, 15) is 4.79 Å². The third-order valence-corrected chi connectivity index (χ3v) is 8.38. The van der Waals surface area contributed by atoms with Crippen LogP contribution < -0.4 is 5.32 Å². The lowest BCUT2D eigenvalue weighted by atomic mass is 9.57. The van der Waals surface area contributed by atoms with Crippen molar-refractivity contribution in [3.8, 4) is 0 Å². The second-order valence-electron chi connectivity index (χ2n) is 11.3. The van der Waals surface area contributed by atoms with Crippen molar-refractivity contribution in [2.24, 2.45) is 17.3 Å². The number of likely N-dealkylation sites (tertiary alicyclic amines) is 1.